The first-order chi connectivity index (χ1) is 8.93. The molecule has 0 amide bonds. The Morgan fingerprint density at radius 2 is 2.26 bits per heavy atom. The first-order valence-corrected chi connectivity index (χ1v) is 6.23. The van der Waals surface area contributed by atoms with Crippen LogP contribution in [0, 0.1) is 5.82 Å². The van der Waals surface area contributed by atoms with Crippen molar-refractivity contribution in [1.82, 2.24) is 0 Å². The van der Waals surface area contributed by atoms with E-state index < -0.39 is 11.4 Å². The minimum atomic E-state index is -0.440. The van der Waals surface area contributed by atoms with Gasteiger partial charge in [-0.2, -0.15) is 0 Å². The molecule has 0 saturated carbocycles. The minimum Gasteiger partial charge on any atom is -0.394 e. The quantitative estimate of drug-likeness (QED) is 0.845. The Morgan fingerprint density at radius 3 is 2.89 bits per heavy atom. The molecule has 1 atom stereocenters. The van der Waals surface area contributed by atoms with E-state index in [1.807, 2.05) is 18.7 Å². The van der Waals surface area contributed by atoms with Crippen molar-refractivity contribution in [1.29, 1.82) is 0 Å². The summed E-state index contributed by atoms with van der Waals surface area (Å²) in [7, 11) is 0. The van der Waals surface area contributed by atoms with Crippen LogP contribution in [0.15, 0.2) is 18.2 Å². The monoisotopic (exact) mass is 267 g/mol. The lowest BCUT2D eigenvalue weighted by Gasteiger charge is -2.43. The maximum atomic E-state index is 13.5. The molecule has 2 rings (SSSR count). The van der Waals surface area contributed by atoms with Crippen molar-refractivity contribution in [2.45, 2.75) is 25.6 Å². The van der Waals surface area contributed by atoms with Crippen LogP contribution in [0.5, 0.6) is 0 Å². The highest BCUT2D eigenvalue weighted by Crippen LogP contribution is 2.27. The number of aldehydes is 1. The van der Waals surface area contributed by atoms with Crippen LogP contribution in [0.25, 0.3) is 0 Å². The minimum absolute atomic E-state index is 0.0875. The third kappa shape index (κ3) is 3.30. The van der Waals surface area contributed by atoms with E-state index in [0.29, 0.717) is 30.6 Å². The van der Waals surface area contributed by atoms with E-state index >= 15 is 0 Å². The molecular formula is C14H18FNO3. The van der Waals surface area contributed by atoms with Gasteiger partial charge in [-0.3, -0.25) is 4.79 Å². The molecule has 0 spiro atoms. The molecule has 0 aromatic heterocycles. The molecule has 0 radical (unpaired) electrons. The number of halogens is 1. The summed E-state index contributed by atoms with van der Waals surface area (Å²) in [5.41, 5.74) is 0.510. The van der Waals surface area contributed by atoms with E-state index in [0.717, 1.165) is 0 Å². The fourth-order valence-electron chi connectivity index (χ4n) is 2.43. The Balaban J connectivity index is 2.29. The molecule has 1 aliphatic rings. The Labute approximate surface area is 111 Å². The van der Waals surface area contributed by atoms with Gasteiger partial charge in [0.1, 0.15) is 12.1 Å². The molecular weight excluding hydrogens is 249 g/mol. The average Bonchev–Trinajstić information content (AvgIpc) is 2.36. The van der Waals surface area contributed by atoms with Crippen molar-refractivity contribution < 1.29 is 19.0 Å². The predicted octanol–water partition coefficient (Wildman–Crippen LogP) is 1.61. The largest absolute Gasteiger partial charge is 0.394 e. The highest BCUT2D eigenvalue weighted by atomic mass is 19.1. The van der Waals surface area contributed by atoms with Gasteiger partial charge in [0.15, 0.2) is 0 Å². The summed E-state index contributed by atoms with van der Waals surface area (Å²) >= 11 is 0. The highest BCUT2D eigenvalue weighted by Gasteiger charge is 2.33. The molecule has 0 aliphatic carbocycles. The van der Waals surface area contributed by atoms with E-state index in [2.05, 4.69) is 0 Å². The van der Waals surface area contributed by atoms with Gasteiger partial charge in [-0.1, -0.05) is 0 Å². The summed E-state index contributed by atoms with van der Waals surface area (Å²) < 4.78 is 19.2. The van der Waals surface area contributed by atoms with Crippen molar-refractivity contribution in [3.05, 3.63) is 29.6 Å². The average molecular weight is 267 g/mol. The molecule has 104 valence electrons. The number of nitrogens with zero attached hydrogens (tertiary/aromatic N) is 1. The SMILES string of the molecule is CC1(C)CN(c2cc(F)cc(C=O)c2)CC(CO)O1. The topological polar surface area (TPSA) is 49.8 Å². The summed E-state index contributed by atoms with van der Waals surface area (Å²) in [6, 6.07) is 4.24. The van der Waals surface area contributed by atoms with Crippen molar-refractivity contribution in [3.63, 3.8) is 0 Å². The third-order valence-electron chi connectivity index (χ3n) is 3.09. The zero-order valence-electron chi connectivity index (χ0n) is 11.1. The number of hydrogen-bond donors (Lipinski definition) is 1. The lowest BCUT2D eigenvalue weighted by molar-refractivity contribution is -0.101. The van der Waals surface area contributed by atoms with Crippen molar-refractivity contribution in [2.24, 2.45) is 0 Å². The second-order valence-corrected chi connectivity index (χ2v) is 5.42. The summed E-state index contributed by atoms with van der Waals surface area (Å²) in [5.74, 6) is -0.440. The standard InChI is InChI=1S/C14H18FNO3/c1-14(2)9-16(6-13(8-18)19-14)12-4-10(7-17)3-11(15)5-12/h3-5,7,13,18H,6,8-9H2,1-2H3. The van der Waals surface area contributed by atoms with Gasteiger partial charge < -0.3 is 14.7 Å². The van der Waals surface area contributed by atoms with Gasteiger partial charge in [0.25, 0.3) is 0 Å². The van der Waals surface area contributed by atoms with Gasteiger partial charge in [0.05, 0.1) is 18.3 Å². The lowest BCUT2D eigenvalue weighted by atomic mass is 10.0. The Kier molecular flexibility index (Phi) is 3.87. The van der Waals surface area contributed by atoms with Crippen molar-refractivity contribution >= 4 is 12.0 Å². The molecule has 4 nitrogen and oxygen atoms in total. The predicted molar refractivity (Wildman–Crippen MR) is 70.0 cm³/mol. The molecule has 0 bridgehead atoms. The van der Waals surface area contributed by atoms with Gasteiger partial charge in [-0.15, -0.1) is 0 Å². The Morgan fingerprint density at radius 1 is 1.53 bits per heavy atom. The maximum Gasteiger partial charge on any atom is 0.150 e. The number of rotatable bonds is 3. The van der Waals surface area contributed by atoms with Crippen LogP contribution in [0.1, 0.15) is 24.2 Å². The molecule has 1 heterocycles. The molecule has 19 heavy (non-hydrogen) atoms. The molecule has 1 aromatic rings. The maximum absolute atomic E-state index is 13.5. The van der Waals surface area contributed by atoms with Crippen LogP contribution in [0.4, 0.5) is 10.1 Å². The van der Waals surface area contributed by atoms with Crippen LogP contribution in [0.2, 0.25) is 0 Å². The van der Waals surface area contributed by atoms with Crippen LogP contribution in [-0.2, 0) is 4.74 Å². The summed E-state index contributed by atoms with van der Waals surface area (Å²) in [4.78, 5) is 12.7. The fourth-order valence-corrected chi connectivity index (χ4v) is 2.43. The second-order valence-electron chi connectivity index (χ2n) is 5.42. The summed E-state index contributed by atoms with van der Waals surface area (Å²) in [6.45, 7) is 4.80. The number of carbonyl (C=O) groups excluding carboxylic acids is 1. The number of benzene rings is 1. The molecule has 1 unspecified atom stereocenters. The zero-order chi connectivity index (χ0) is 14.0. The van der Waals surface area contributed by atoms with Crippen LogP contribution < -0.4 is 4.90 Å². The second kappa shape index (κ2) is 5.27. The number of aliphatic hydroxyl groups excluding tert-OH is 1. The van der Waals surface area contributed by atoms with E-state index in [9.17, 15) is 14.3 Å². The van der Waals surface area contributed by atoms with Crippen LogP contribution in [-0.4, -0.2) is 42.8 Å². The van der Waals surface area contributed by atoms with Gasteiger partial charge in [0.2, 0.25) is 0 Å². The normalized spacial score (nSPS) is 22.3. The molecule has 1 aliphatic heterocycles. The lowest BCUT2D eigenvalue weighted by Crippen LogP contribution is -2.54. The van der Waals surface area contributed by atoms with Gasteiger partial charge in [-0.05, 0) is 32.0 Å². The van der Waals surface area contributed by atoms with Gasteiger partial charge in [-0.25, -0.2) is 4.39 Å². The third-order valence-corrected chi connectivity index (χ3v) is 3.09. The molecule has 1 aromatic carbocycles. The number of morpholine rings is 1. The summed E-state index contributed by atoms with van der Waals surface area (Å²) in [6.07, 6.45) is 0.313. The van der Waals surface area contributed by atoms with Crippen LogP contribution in [0.3, 0.4) is 0 Å². The highest BCUT2D eigenvalue weighted by molar-refractivity contribution is 5.77. The smallest absolute Gasteiger partial charge is 0.150 e. The number of aliphatic hydroxyl groups is 1. The fraction of sp³-hybridized carbons (Fsp3) is 0.500. The van der Waals surface area contributed by atoms with E-state index in [1.165, 1.54) is 12.1 Å². The van der Waals surface area contributed by atoms with E-state index in [-0.39, 0.29) is 12.7 Å². The van der Waals surface area contributed by atoms with Gasteiger partial charge in [0, 0.05) is 24.3 Å². The molecule has 1 N–H and O–H groups in total. The Bertz CT molecular complexity index is 476. The van der Waals surface area contributed by atoms with E-state index in [1.54, 1.807) is 6.07 Å². The van der Waals surface area contributed by atoms with Crippen molar-refractivity contribution in [3.8, 4) is 0 Å². The van der Waals surface area contributed by atoms with E-state index in [4.69, 9.17) is 4.74 Å². The molecule has 1 fully saturated rings. The van der Waals surface area contributed by atoms with Crippen molar-refractivity contribution in [2.75, 3.05) is 24.6 Å². The Hall–Kier alpha value is -1.46. The number of ether oxygens (including phenoxy) is 1. The first-order valence-electron chi connectivity index (χ1n) is 6.23. The first kappa shape index (κ1) is 14.0. The van der Waals surface area contributed by atoms with Gasteiger partial charge >= 0.3 is 0 Å². The number of hydrogen-bond acceptors (Lipinski definition) is 4. The van der Waals surface area contributed by atoms with Crippen LogP contribution >= 0.6 is 0 Å². The molecule has 5 heteroatoms. The zero-order valence-corrected chi connectivity index (χ0v) is 11.1. The molecule has 1 saturated heterocycles. The number of carbonyl (C=O) groups is 1. The summed E-state index contributed by atoms with van der Waals surface area (Å²) in [5, 5.41) is 9.26. The number of anilines is 1.